The second-order valence-corrected chi connectivity index (χ2v) is 8.75. The molecule has 0 saturated carbocycles. The lowest BCUT2D eigenvalue weighted by Gasteiger charge is -2.17. The number of likely N-dealkylation sites (N-methyl/N-ethyl adjacent to an activating group) is 1. The SMILES string of the molecule is CCN(CC)CCOC(=O)Nc1cc(Cn2cc(O)n(-c3ccc(SC(F)(F)F)cc3)c2=O)ccn1. The van der Waals surface area contributed by atoms with Crippen LogP contribution in [0.15, 0.2) is 58.5 Å². The lowest BCUT2D eigenvalue weighted by molar-refractivity contribution is -0.0328. The maximum Gasteiger partial charge on any atom is 0.446 e. The minimum Gasteiger partial charge on any atom is -0.493 e. The number of benzene rings is 1. The van der Waals surface area contributed by atoms with E-state index in [1.807, 2.05) is 13.8 Å². The molecule has 0 fully saturated rings. The number of hydrogen-bond acceptors (Lipinski definition) is 7. The summed E-state index contributed by atoms with van der Waals surface area (Å²) in [7, 11) is 0. The second-order valence-electron chi connectivity index (χ2n) is 7.61. The number of imidazole rings is 1. The van der Waals surface area contributed by atoms with Gasteiger partial charge in [-0.3, -0.25) is 9.88 Å². The largest absolute Gasteiger partial charge is 0.493 e. The number of rotatable bonds is 10. The van der Waals surface area contributed by atoms with Gasteiger partial charge in [-0.05, 0) is 66.8 Å². The third-order valence-electron chi connectivity index (χ3n) is 5.21. The highest BCUT2D eigenvalue weighted by Gasteiger charge is 2.29. The van der Waals surface area contributed by atoms with Gasteiger partial charge in [-0.25, -0.2) is 19.1 Å². The van der Waals surface area contributed by atoms with Gasteiger partial charge in [-0.2, -0.15) is 13.2 Å². The highest BCUT2D eigenvalue weighted by atomic mass is 32.2. The summed E-state index contributed by atoms with van der Waals surface area (Å²) in [6, 6.07) is 8.29. The zero-order chi connectivity index (χ0) is 26.3. The minimum absolute atomic E-state index is 0.0402. The average Bonchev–Trinajstić information content (AvgIpc) is 3.09. The molecule has 0 bridgehead atoms. The van der Waals surface area contributed by atoms with Crippen molar-refractivity contribution < 1.29 is 27.8 Å². The van der Waals surface area contributed by atoms with E-state index in [0.717, 1.165) is 17.7 Å². The fourth-order valence-corrected chi connectivity index (χ4v) is 3.96. The van der Waals surface area contributed by atoms with E-state index in [2.05, 4.69) is 15.2 Å². The number of halogens is 3. The van der Waals surface area contributed by atoms with Crippen LogP contribution in [0, 0.1) is 0 Å². The number of pyridine rings is 1. The van der Waals surface area contributed by atoms with Crippen molar-refractivity contribution in [2.75, 3.05) is 31.6 Å². The topological polar surface area (TPSA) is 102 Å². The Labute approximate surface area is 209 Å². The standard InChI is InChI=1S/C23H26F3N5O4S/c1-3-29(4-2)11-12-35-21(33)28-19-13-16(9-10-27-19)14-30-15-20(32)31(22(30)34)17-5-7-18(8-6-17)36-23(24,25)26/h5-10,13,15,32H,3-4,11-12,14H2,1-2H3,(H,27,28,33). The van der Waals surface area contributed by atoms with Crippen LogP contribution in [0.1, 0.15) is 19.4 Å². The van der Waals surface area contributed by atoms with Gasteiger partial charge < -0.3 is 14.7 Å². The molecule has 0 aliphatic heterocycles. The molecular formula is C23H26F3N5O4S. The molecule has 0 spiro atoms. The molecule has 9 nitrogen and oxygen atoms in total. The first kappa shape index (κ1) is 27.1. The van der Waals surface area contributed by atoms with Crippen molar-refractivity contribution in [1.82, 2.24) is 19.0 Å². The molecular weight excluding hydrogens is 499 g/mol. The Morgan fingerprint density at radius 2 is 1.89 bits per heavy atom. The van der Waals surface area contributed by atoms with Crippen molar-refractivity contribution in [2.24, 2.45) is 0 Å². The monoisotopic (exact) mass is 525 g/mol. The number of carbonyl (C=O) groups is 1. The number of alkyl halides is 3. The van der Waals surface area contributed by atoms with Crippen molar-refractivity contribution in [3.05, 3.63) is 64.8 Å². The summed E-state index contributed by atoms with van der Waals surface area (Å²) in [5.41, 5.74) is -4.19. The van der Waals surface area contributed by atoms with Crippen LogP contribution in [-0.4, -0.2) is 62.0 Å². The lowest BCUT2D eigenvalue weighted by Crippen LogP contribution is -2.28. The van der Waals surface area contributed by atoms with Gasteiger partial charge in [-0.15, -0.1) is 0 Å². The van der Waals surface area contributed by atoms with Crippen LogP contribution in [0.3, 0.4) is 0 Å². The fraction of sp³-hybridized carbons (Fsp3) is 0.348. The highest BCUT2D eigenvalue weighted by molar-refractivity contribution is 8.00. The first-order chi connectivity index (χ1) is 17.1. The van der Waals surface area contributed by atoms with Crippen molar-refractivity contribution in [2.45, 2.75) is 30.8 Å². The molecule has 1 amide bonds. The average molecular weight is 526 g/mol. The molecule has 0 atom stereocenters. The number of nitrogens with zero attached hydrogens (tertiary/aromatic N) is 4. The summed E-state index contributed by atoms with van der Waals surface area (Å²) in [4.78, 5) is 31.1. The zero-order valence-electron chi connectivity index (χ0n) is 19.7. The van der Waals surface area contributed by atoms with Crippen LogP contribution in [0.4, 0.5) is 23.8 Å². The highest BCUT2D eigenvalue weighted by Crippen LogP contribution is 2.37. The van der Waals surface area contributed by atoms with Gasteiger partial charge >= 0.3 is 17.3 Å². The van der Waals surface area contributed by atoms with Crippen LogP contribution in [0.2, 0.25) is 0 Å². The quantitative estimate of drug-likeness (QED) is 0.381. The molecule has 194 valence electrons. The summed E-state index contributed by atoms with van der Waals surface area (Å²) in [6.45, 7) is 6.63. The number of ether oxygens (including phenoxy) is 1. The van der Waals surface area contributed by atoms with Crippen molar-refractivity contribution in [3.8, 4) is 11.6 Å². The molecule has 0 aliphatic carbocycles. The van der Waals surface area contributed by atoms with E-state index >= 15 is 0 Å². The second kappa shape index (κ2) is 12.0. The van der Waals surface area contributed by atoms with Crippen LogP contribution < -0.4 is 11.0 Å². The molecule has 2 aromatic heterocycles. The van der Waals surface area contributed by atoms with E-state index in [4.69, 9.17) is 4.74 Å². The smallest absolute Gasteiger partial charge is 0.446 e. The Kier molecular flexibility index (Phi) is 9.04. The number of carbonyl (C=O) groups excluding carboxylic acids is 1. The Bertz CT molecular complexity index is 1220. The van der Waals surface area contributed by atoms with Crippen LogP contribution >= 0.6 is 11.8 Å². The predicted molar refractivity (Wildman–Crippen MR) is 130 cm³/mol. The van der Waals surface area contributed by atoms with Crippen molar-refractivity contribution in [3.63, 3.8) is 0 Å². The summed E-state index contributed by atoms with van der Waals surface area (Å²) < 4.78 is 45.0. The Balaban J connectivity index is 1.67. The first-order valence-corrected chi connectivity index (χ1v) is 11.9. The number of nitrogens with one attached hydrogen (secondary N) is 1. The number of anilines is 1. The maximum absolute atomic E-state index is 12.9. The number of aromatic hydroxyl groups is 1. The summed E-state index contributed by atoms with van der Waals surface area (Å²) in [5, 5.41) is 12.8. The molecule has 0 aliphatic rings. The number of aromatic nitrogens is 3. The molecule has 3 aromatic rings. The number of amides is 1. The van der Waals surface area contributed by atoms with Gasteiger partial charge in [0.05, 0.1) is 18.4 Å². The summed E-state index contributed by atoms with van der Waals surface area (Å²) in [6.07, 6.45) is 2.02. The van der Waals surface area contributed by atoms with E-state index in [9.17, 15) is 27.9 Å². The molecule has 1 aromatic carbocycles. The third-order valence-corrected chi connectivity index (χ3v) is 5.95. The van der Waals surface area contributed by atoms with E-state index in [0.29, 0.717) is 12.1 Å². The summed E-state index contributed by atoms with van der Waals surface area (Å²) in [5.74, 6) is -0.143. The Morgan fingerprint density at radius 1 is 1.19 bits per heavy atom. The van der Waals surface area contributed by atoms with Gasteiger partial charge in [-0.1, -0.05) is 13.8 Å². The normalized spacial score (nSPS) is 11.6. The summed E-state index contributed by atoms with van der Waals surface area (Å²) >= 11 is -0.269. The number of thioether (sulfide) groups is 1. The van der Waals surface area contributed by atoms with Gasteiger partial charge in [0.2, 0.25) is 5.88 Å². The molecule has 0 unspecified atom stereocenters. The van der Waals surface area contributed by atoms with E-state index in [1.165, 1.54) is 41.2 Å². The predicted octanol–water partition coefficient (Wildman–Crippen LogP) is 4.29. The molecule has 36 heavy (non-hydrogen) atoms. The number of hydrogen-bond donors (Lipinski definition) is 2. The van der Waals surface area contributed by atoms with E-state index in [1.54, 1.807) is 12.1 Å². The first-order valence-electron chi connectivity index (χ1n) is 11.1. The molecule has 0 saturated heterocycles. The van der Waals surface area contributed by atoms with Gasteiger partial charge in [0.25, 0.3) is 0 Å². The van der Waals surface area contributed by atoms with Gasteiger partial charge in [0.15, 0.2) is 0 Å². The minimum atomic E-state index is -4.43. The molecule has 3 rings (SSSR count). The zero-order valence-corrected chi connectivity index (χ0v) is 20.5. The Hall–Kier alpha value is -3.45. The molecule has 2 N–H and O–H groups in total. The van der Waals surface area contributed by atoms with Crippen molar-refractivity contribution >= 4 is 23.7 Å². The molecule has 2 heterocycles. The van der Waals surface area contributed by atoms with Crippen molar-refractivity contribution in [1.29, 1.82) is 0 Å². The fourth-order valence-electron chi connectivity index (χ4n) is 3.42. The molecule has 13 heteroatoms. The third kappa shape index (κ3) is 7.52. The maximum atomic E-state index is 12.9. The van der Waals surface area contributed by atoms with Crippen LogP contribution in [0.25, 0.3) is 5.69 Å². The van der Waals surface area contributed by atoms with Gasteiger partial charge in [0.1, 0.15) is 12.4 Å². The molecule has 0 radical (unpaired) electrons. The van der Waals surface area contributed by atoms with Gasteiger partial charge in [0, 0.05) is 17.6 Å². The van der Waals surface area contributed by atoms with Crippen LogP contribution in [-0.2, 0) is 11.3 Å². The lowest BCUT2D eigenvalue weighted by atomic mass is 10.2. The van der Waals surface area contributed by atoms with E-state index < -0.39 is 17.3 Å². The van der Waals surface area contributed by atoms with E-state index in [-0.39, 0.29) is 47.2 Å². The Morgan fingerprint density at radius 3 is 2.53 bits per heavy atom. The van der Waals surface area contributed by atoms with Crippen LogP contribution in [0.5, 0.6) is 5.88 Å².